The van der Waals surface area contributed by atoms with Crippen molar-refractivity contribution < 1.29 is 0 Å². The van der Waals surface area contributed by atoms with Crippen LogP contribution >= 0.6 is 11.8 Å². The highest BCUT2D eigenvalue weighted by Crippen LogP contribution is 2.08. The van der Waals surface area contributed by atoms with Crippen molar-refractivity contribution in [3.05, 3.63) is 23.3 Å². The summed E-state index contributed by atoms with van der Waals surface area (Å²) in [4.78, 5) is 0. The van der Waals surface area contributed by atoms with Gasteiger partial charge in [0.15, 0.2) is 0 Å². The fourth-order valence-corrected chi connectivity index (χ4v) is 1.02. The highest BCUT2D eigenvalue weighted by molar-refractivity contribution is 8.02. The summed E-state index contributed by atoms with van der Waals surface area (Å²) in [6.07, 6.45) is 8.31. The molecule has 0 aromatic heterocycles. The maximum atomic E-state index is 3.21. The molecular weight excluding hydrogens is 118 g/mol. The van der Waals surface area contributed by atoms with E-state index < -0.39 is 0 Å². The van der Waals surface area contributed by atoms with Gasteiger partial charge in [0.25, 0.3) is 0 Å². The Morgan fingerprint density at radius 2 is 2.62 bits per heavy atom. The van der Waals surface area contributed by atoms with E-state index in [-0.39, 0.29) is 0 Å². The van der Waals surface area contributed by atoms with Crippen molar-refractivity contribution in [3.8, 4) is 0 Å². The molecule has 0 amide bonds. The van der Waals surface area contributed by atoms with Crippen LogP contribution in [0.25, 0.3) is 0 Å². The number of hydrogen-bond donors (Lipinski definition) is 1. The zero-order chi connectivity index (χ0) is 5.82. The number of rotatable bonds is 1. The number of hydrogen-bond acceptors (Lipinski definition) is 2. The molecule has 0 saturated carbocycles. The molecule has 0 radical (unpaired) electrons. The first-order valence-corrected chi connectivity index (χ1v) is 3.80. The predicted octanol–water partition coefficient (Wildman–Crippen LogP) is 1.35. The van der Waals surface area contributed by atoms with E-state index in [0.717, 1.165) is 6.54 Å². The van der Waals surface area contributed by atoms with Crippen LogP contribution in [-0.4, -0.2) is 12.8 Å². The number of thioether (sulfide) groups is 1. The maximum absolute atomic E-state index is 3.21. The molecule has 8 heavy (non-hydrogen) atoms. The van der Waals surface area contributed by atoms with E-state index in [1.165, 1.54) is 5.03 Å². The normalized spacial score (nSPS) is 17.4. The summed E-state index contributed by atoms with van der Waals surface area (Å²) in [5, 5.41) is 4.46. The first-order valence-electron chi connectivity index (χ1n) is 2.58. The second kappa shape index (κ2) is 2.82. The second-order valence-electron chi connectivity index (χ2n) is 1.54. The lowest BCUT2D eigenvalue weighted by molar-refractivity contribution is 0.954. The summed E-state index contributed by atoms with van der Waals surface area (Å²) in [7, 11) is 0. The fourth-order valence-electron chi connectivity index (χ4n) is 0.582. The third-order valence-electron chi connectivity index (χ3n) is 0.998. The van der Waals surface area contributed by atoms with E-state index in [1.54, 1.807) is 11.8 Å². The third kappa shape index (κ3) is 1.30. The molecule has 0 saturated heterocycles. The summed E-state index contributed by atoms with van der Waals surface area (Å²) in [5.74, 6) is 0. The van der Waals surface area contributed by atoms with Crippen LogP contribution in [0, 0.1) is 0 Å². The van der Waals surface area contributed by atoms with E-state index in [4.69, 9.17) is 0 Å². The highest BCUT2D eigenvalue weighted by atomic mass is 32.2. The second-order valence-corrected chi connectivity index (χ2v) is 2.39. The Labute approximate surface area is 53.9 Å². The molecule has 0 bridgehead atoms. The summed E-state index contributed by atoms with van der Waals surface area (Å²) in [6, 6.07) is 0. The summed E-state index contributed by atoms with van der Waals surface area (Å²) >= 11 is 1.74. The zero-order valence-corrected chi connectivity index (χ0v) is 5.66. The van der Waals surface area contributed by atoms with Gasteiger partial charge in [0.2, 0.25) is 0 Å². The van der Waals surface area contributed by atoms with Crippen molar-refractivity contribution in [1.82, 2.24) is 5.32 Å². The molecule has 0 unspecified atom stereocenters. The Balaban J connectivity index is 2.50. The summed E-state index contributed by atoms with van der Waals surface area (Å²) in [5.41, 5.74) is 0. The summed E-state index contributed by atoms with van der Waals surface area (Å²) in [6.45, 7) is 0.979. The molecule has 0 spiro atoms. The molecule has 0 atom stereocenters. The van der Waals surface area contributed by atoms with E-state index in [1.807, 2.05) is 0 Å². The van der Waals surface area contributed by atoms with Crippen LogP contribution in [0.15, 0.2) is 23.3 Å². The minimum Gasteiger partial charge on any atom is -0.376 e. The molecule has 1 N–H and O–H groups in total. The van der Waals surface area contributed by atoms with Gasteiger partial charge in [0.05, 0.1) is 5.03 Å². The minimum atomic E-state index is 0.979. The molecule has 0 aromatic rings. The van der Waals surface area contributed by atoms with Crippen LogP contribution in [0.2, 0.25) is 0 Å². The number of allylic oxidation sites excluding steroid dienone is 2. The van der Waals surface area contributed by atoms with Gasteiger partial charge in [-0.25, -0.2) is 0 Å². The monoisotopic (exact) mass is 127 g/mol. The van der Waals surface area contributed by atoms with E-state index in [2.05, 4.69) is 29.8 Å². The van der Waals surface area contributed by atoms with Gasteiger partial charge in [-0.1, -0.05) is 12.2 Å². The smallest absolute Gasteiger partial charge is 0.0680 e. The quantitative estimate of drug-likeness (QED) is 0.570. The van der Waals surface area contributed by atoms with Crippen molar-refractivity contribution in [2.75, 3.05) is 12.8 Å². The van der Waals surface area contributed by atoms with Crippen LogP contribution in [0.1, 0.15) is 0 Å². The topological polar surface area (TPSA) is 12.0 Å². The minimum absolute atomic E-state index is 0.979. The van der Waals surface area contributed by atoms with Gasteiger partial charge in [-0.15, -0.1) is 11.8 Å². The lowest BCUT2D eigenvalue weighted by Gasteiger charge is -2.07. The van der Waals surface area contributed by atoms with Crippen molar-refractivity contribution in [1.29, 1.82) is 0 Å². The van der Waals surface area contributed by atoms with Gasteiger partial charge >= 0.3 is 0 Å². The largest absolute Gasteiger partial charge is 0.376 e. The standard InChI is InChI=1S/C6H9NS/c1-8-6-4-2-3-5-7-6/h2-4,7H,5H2,1H3. The molecule has 44 valence electrons. The van der Waals surface area contributed by atoms with Crippen molar-refractivity contribution >= 4 is 11.8 Å². The Morgan fingerprint density at radius 3 is 3.00 bits per heavy atom. The van der Waals surface area contributed by atoms with Crippen LogP contribution in [0.5, 0.6) is 0 Å². The zero-order valence-electron chi connectivity index (χ0n) is 4.85. The molecule has 0 aliphatic carbocycles. The molecule has 1 heterocycles. The molecule has 1 rings (SSSR count). The Kier molecular flexibility index (Phi) is 2.03. The molecular formula is C6H9NS. The van der Waals surface area contributed by atoms with Gasteiger partial charge in [-0.3, -0.25) is 0 Å². The number of dihydropyridines is 1. The molecule has 1 aliphatic rings. The van der Waals surface area contributed by atoms with Gasteiger partial charge < -0.3 is 5.32 Å². The van der Waals surface area contributed by atoms with Gasteiger partial charge in [-0.05, 0) is 12.3 Å². The van der Waals surface area contributed by atoms with Crippen molar-refractivity contribution in [3.63, 3.8) is 0 Å². The van der Waals surface area contributed by atoms with Gasteiger partial charge in [-0.2, -0.15) is 0 Å². The molecule has 2 heteroatoms. The number of nitrogens with one attached hydrogen (secondary N) is 1. The van der Waals surface area contributed by atoms with Crippen LogP contribution in [0.4, 0.5) is 0 Å². The molecule has 0 aromatic carbocycles. The van der Waals surface area contributed by atoms with Crippen LogP contribution in [0.3, 0.4) is 0 Å². The Bertz CT molecular complexity index is 126. The van der Waals surface area contributed by atoms with Crippen molar-refractivity contribution in [2.24, 2.45) is 0 Å². The predicted molar refractivity (Wildman–Crippen MR) is 38.7 cm³/mol. The molecule has 0 fully saturated rings. The first-order chi connectivity index (χ1) is 3.93. The van der Waals surface area contributed by atoms with E-state index >= 15 is 0 Å². The van der Waals surface area contributed by atoms with Gasteiger partial charge in [0.1, 0.15) is 0 Å². The Morgan fingerprint density at radius 1 is 1.75 bits per heavy atom. The lowest BCUT2D eigenvalue weighted by Crippen LogP contribution is -2.12. The average molecular weight is 127 g/mol. The highest BCUT2D eigenvalue weighted by Gasteiger charge is 1.91. The Hall–Kier alpha value is -0.370. The van der Waals surface area contributed by atoms with Crippen LogP contribution in [-0.2, 0) is 0 Å². The molecule has 1 nitrogen and oxygen atoms in total. The molecule has 1 aliphatic heterocycles. The third-order valence-corrected chi connectivity index (χ3v) is 1.72. The van der Waals surface area contributed by atoms with E-state index in [0.29, 0.717) is 0 Å². The van der Waals surface area contributed by atoms with E-state index in [9.17, 15) is 0 Å². The summed E-state index contributed by atoms with van der Waals surface area (Å²) < 4.78 is 0. The lowest BCUT2D eigenvalue weighted by atomic mass is 10.4. The van der Waals surface area contributed by atoms with Crippen LogP contribution < -0.4 is 5.32 Å². The SMILES string of the molecule is CSC1=CC=CCN1. The fraction of sp³-hybridized carbons (Fsp3) is 0.333. The maximum Gasteiger partial charge on any atom is 0.0680 e. The van der Waals surface area contributed by atoms with Crippen molar-refractivity contribution in [2.45, 2.75) is 0 Å². The first kappa shape index (κ1) is 5.76. The average Bonchev–Trinajstić information content (AvgIpc) is 1.90. The van der Waals surface area contributed by atoms with Gasteiger partial charge in [0, 0.05) is 6.54 Å².